The maximum absolute atomic E-state index is 13.3. The molecular weight excluding hydrogens is 486 g/mol. The Hall–Kier alpha value is -3.75. The number of hydrogen-bond acceptors (Lipinski definition) is 7. The van der Waals surface area contributed by atoms with E-state index in [1.165, 1.54) is 6.92 Å². The van der Waals surface area contributed by atoms with Gasteiger partial charge < -0.3 is 30.2 Å². The fourth-order valence-electron chi connectivity index (χ4n) is 4.73. The van der Waals surface area contributed by atoms with Crippen molar-refractivity contribution in [3.63, 3.8) is 0 Å². The van der Waals surface area contributed by atoms with Gasteiger partial charge in [0, 0.05) is 32.0 Å². The molecule has 0 bridgehead atoms. The van der Waals surface area contributed by atoms with E-state index >= 15 is 0 Å². The lowest BCUT2D eigenvalue weighted by molar-refractivity contribution is -0.121. The van der Waals surface area contributed by atoms with Gasteiger partial charge >= 0.3 is 0 Å². The highest BCUT2D eigenvalue weighted by Crippen LogP contribution is 2.50. The standard InChI is InChI=1S/C29H39N3O6/c1-17(2)16-31-26(35)8-7-13-30-23-12-10-20-21(15-24(23)34)22(32-18(3)33)11-9-19-14-25(36-4)28(37-5)29(38-6)27(19)20/h10,12,14-15,17,22H,7-9,11,13,16H2,1-6H3,(H,30,34)(H,31,35)(H,32,33). The van der Waals surface area contributed by atoms with Crippen LogP contribution in [0, 0.1) is 5.92 Å². The van der Waals surface area contributed by atoms with E-state index in [1.807, 2.05) is 26.0 Å². The van der Waals surface area contributed by atoms with Crippen LogP contribution in [0.5, 0.6) is 17.2 Å². The first kappa shape index (κ1) is 28.8. The zero-order chi connectivity index (χ0) is 27.8. The Morgan fingerprint density at radius 2 is 1.79 bits per heavy atom. The molecule has 0 radical (unpaired) electrons. The summed E-state index contributed by atoms with van der Waals surface area (Å²) in [7, 11) is 4.69. The highest BCUT2D eigenvalue weighted by molar-refractivity contribution is 5.83. The molecule has 0 saturated heterocycles. The Morgan fingerprint density at radius 1 is 1.05 bits per heavy atom. The Morgan fingerprint density at radius 3 is 2.42 bits per heavy atom. The SMILES string of the molecule is COc1cc2c(c(OC)c1OC)-c1ccc(NCCCC(=O)NCC(C)C)c(=O)cc1C(NC(C)=O)CC2. The van der Waals surface area contributed by atoms with Gasteiger partial charge in [-0.15, -0.1) is 0 Å². The van der Waals surface area contributed by atoms with Crippen LogP contribution in [-0.4, -0.2) is 46.2 Å². The summed E-state index contributed by atoms with van der Waals surface area (Å²) >= 11 is 0. The number of ether oxygens (including phenoxy) is 3. The van der Waals surface area contributed by atoms with Crippen molar-refractivity contribution in [3.05, 3.63) is 45.6 Å². The molecule has 0 spiro atoms. The molecule has 9 nitrogen and oxygen atoms in total. The number of carbonyl (C=O) groups is 2. The van der Waals surface area contributed by atoms with Crippen LogP contribution >= 0.6 is 0 Å². The lowest BCUT2D eigenvalue weighted by Crippen LogP contribution is -2.27. The predicted octanol–water partition coefficient (Wildman–Crippen LogP) is 3.83. The van der Waals surface area contributed by atoms with Gasteiger partial charge in [-0.2, -0.15) is 0 Å². The molecule has 1 atom stereocenters. The first-order chi connectivity index (χ1) is 18.2. The number of fused-ring (bicyclic) bond motifs is 3. The summed E-state index contributed by atoms with van der Waals surface area (Å²) < 4.78 is 17.0. The maximum atomic E-state index is 13.3. The van der Waals surface area contributed by atoms with Gasteiger partial charge in [0.2, 0.25) is 23.0 Å². The molecular formula is C29H39N3O6. The fourth-order valence-corrected chi connectivity index (χ4v) is 4.73. The molecule has 0 aromatic heterocycles. The number of methoxy groups -OCH3 is 3. The van der Waals surface area contributed by atoms with E-state index < -0.39 is 0 Å². The van der Waals surface area contributed by atoms with Gasteiger partial charge in [-0.1, -0.05) is 19.9 Å². The minimum atomic E-state index is -0.366. The van der Waals surface area contributed by atoms with Crippen molar-refractivity contribution in [2.24, 2.45) is 5.92 Å². The van der Waals surface area contributed by atoms with Crippen LogP contribution in [0.4, 0.5) is 5.69 Å². The highest BCUT2D eigenvalue weighted by Gasteiger charge is 2.29. The molecule has 38 heavy (non-hydrogen) atoms. The first-order valence-corrected chi connectivity index (χ1v) is 13.0. The summed E-state index contributed by atoms with van der Waals surface area (Å²) in [6.45, 7) is 6.68. The predicted molar refractivity (Wildman–Crippen MR) is 148 cm³/mol. The molecule has 206 valence electrons. The van der Waals surface area contributed by atoms with E-state index in [0.717, 1.165) is 16.7 Å². The molecule has 3 N–H and O–H groups in total. The quantitative estimate of drug-likeness (QED) is 0.382. The van der Waals surface area contributed by atoms with Gasteiger partial charge in [0.15, 0.2) is 11.5 Å². The number of amides is 2. The Labute approximate surface area is 224 Å². The summed E-state index contributed by atoms with van der Waals surface area (Å²) in [6, 6.07) is 6.76. The van der Waals surface area contributed by atoms with Crippen LogP contribution in [0.25, 0.3) is 11.1 Å². The number of benzene rings is 1. The maximum Gasteiger partial charge on any atom is 0.220 e. The van der Waals surface area contributed by atoms with Crippen molar-refractivity contribution < 1.29 is 23.8 Å². The van der Waals surface area contributed by atoms with Crippen LogP contribution in [0.2, 0.25) is 0 Å². The molecule has 0 saturated carbocycles. The second-order valence-corrected chi connectivity index (χ2v) is 9.82. The molecule has 1 aliphatic rings. The second kappa shape index (κ2) is 13.2. The number of aryl methyl sites for hydroxylation is 1. The Balaban J connectivity index is 2.01. The number of hydrogen-bond donors (Lipinski definition) is 3. The summed E-state index contributed by atoms with van der Waals surface area (Å²) in [4.78, 5) is 37.4. The summed E-state index contributed by atoms with van der Waals surface area (Å²) in [5.74, 6) is 1.73. The average molecular weight is 526 g/mol. The van der Waals surface area contributed by atoms with Crippen molar-refractivity contribution >= 4 is 17.5 Å². The minimum absolute atomic E-state index is 0.000551. The van der Waals surface area contributed by atoms with Crippen LogP contribution in [0.15, 0.2) is 29.1 Å². The van der Waals surface area contributed by atoms with Crippen molar-refractivity contribution in [1.82, 2.24) is 10.6 Å². The third-order valence-electron chi connectivity index (χ3n) is 6.52. The molecule has 1 aliphatic carbocycles. The van der Waals surface area contributed by atoms with Crippen molar-refractivity contribution in [2.75, 3.05) is 39.7 Å². The van der Waals surface area contributed by atoms with Gasteiger partial charge in [0.1, 0.15) is 0 Å². The zero-order valence-electron chi connectivity index (χ0n) is 23.2. The normalized spacial score (nSPS) is 14.0. The van der Waals surface area contributed by atoms with E-state index in [9.17, 15) is 14.4 Å². The molecule has 0 fully saturated rings. The zero-order valence-corrected chi connectivity index (χ0v) is 23.2. The monoisotopic (exact) mass is 525 g/mol. The van der Waals surface area contributed by atoms with Gasteiger partial charge in [-0.3, -0.25) is 14.4 Å². The number of nitrogens with one attached hydrogen (secondary N) is 3. The van der Waals surface area contributed by atoms with Crippen molar-refractivity contribution in [1.29, 1.82) is 0 Å². The fraction of sp³-hybridized carbons (Fsp3) is 0.483. The lowest BCUT2D eigenvalue weighted by atomic mass is 9.95. The molecule has 2 amide bonds. The Kier molecular flexibility index (Phi) is 9.98. The second-order valence-electron chi connectivity index (χ2n) is 9.82. The largest absolute Gasteiger partial charge is 0.493 e. The Bertz CT molecular complexity index is 1230. The topological polar surface area (TPSA) is 115 Å². The number of carbonyl (C=O) groups excluding carboxylic acids is 2. The van der Waals surface area contributed by atoms with Gasteiger partial charge in [0.05, 0.1) is 33.1 Å². The molecule has 2 aromatic carbocycles. The van der Waals surface area contributed by atoms with Crippen molar-refractivity contribution in [2.45, 2.75) is 52.5 Å². The van der Waals surface area contributed by atoms with E-state index in [4.69, 9.17) is 14.2 Å². The van der Waals surface area contributed by atoms with E-state index in [-0.39, 0.29) is 23.3 Å². The number of rotatable bonds is 11. The van der Waals surface area contributed by atoms with Crippen LogP contribution < -0.4 is 35.6 Å². The molecule has 2 aromatic rings. The third-order valence-corrected chi connectivity index (χ3v) is 6.52. The molecule has 0 aliphatic heterocycles. The van der Waals surface area contributed by atoms with E-state index in [1.54, 1.807) is 33.5 Å². The molecule has 0 heterocycles. The summed E-state index contributed by atoms with van der Waals surface area (Å²) in [6.07, 6.45) is 2.19. The lowest BCUT2D eigenvalue weighted by Gasteiger charge is -2.19. The van der Waals surface area contributed by atoms with Gasteiger partial charge in [-0.25, -0.2) is 0 Å². The summed E-state index contributed by atoms with van der Waals surface area (Å²) in [5.41, 5.74) is 3.46. The first-order valence-electron chi connectivity index (χ1n) is 13.0. The smallest absolute Gasteiger partial charge is 0.220 e. The van der Waals surface area contributed by atoms with E-state index in [2.05, 4.69) is 16.0 Å². The molecule has 1 unspecified atom stereocenters. The third kappa shape index (κ3) is 6.76. The average Bonchev–Trinajstić information content (AvgIpc) is 3.12. The van der Waals surface area contributed by atoms with Gasteiger partial charge in [-0.05, 0) is 60.1 Å². The van der Waals surface area contributed by atoms with Crippen LogP contribution in [0.1, 0.15) is 57.2 Å². The van der Waals surface area contributed by atoms with E-state index in [0.29, 0.717) is 73.2 Å². The molecule has 9 heteroatoms. The van der Waals surface area contributed by atoms with Gasteiger partial charge in [0.25, 0.3) is 0 Å². The van der Waals surface area contributed by atoms with Crippen LogP contribution in [-0.2, 0) is 16.0 Å². The van der Waals surface area contributed by atoms with Crippen molar-refractivity contribution in [3.8, 4) is 28.4 Å². The summed E-state index contributed by atoms with van der Waals surface area (Å²) in [5, 5.41) is 9.10. The minimum Gasteiger partial charge on any atom is -0.493 e. The van der Waals surface area contributed by atoms with Crippen LogP contribution in [0.3, 0.4) is 0 Å². The number of anilines is 1. The molecule has 3 rings (SSSR count). The highest BCUT2D eigenvalue weighted by atomic mass is 16.5.